The number of esters is 1. The Morgan fingerprint density at radius 3 is 2.68 bits per heavy atom. The summed E-state index contributed by atoms with van der Waals surface area (Å²) in [6.07, 6.45) is -0.735. The maximum Gasteiger partial charge on any atom is 0.338 e. The number of methoxy groups -OCH3 is 1. The topological polar surface area (TPSA) is 46.5 Å². The molecule has 19 heavy (non-hydrogen) atoms. The fraction of sp³-hybridized carbons (Fsp3) is 0.500. The smallest absolute Gasteiger partial charge is 0.338 e. The van der Waals surface area contributed by atoms with Crippen LogP contribution < -0.4 is 0 Å². The van der Waals surface area contributed by atoms with E-state index in [4.69, 9.17) is 0 Å². The highest BCUT2D eigenvalue weighted by Gasteiger charge is 2.19. The molecular weight excluding hydrogens is 254 g/mol. The van der Waals surface area contributed by atoms with Crippen LogP contribution in [0.15, 0.2) is 18.2 Å². The molecule has 0 bridgehead atoms. The Bertz CT molecular complexity index is 433. The molecule has 0 radical (unpaired) electrons. The fourth-order valence-corrected chi connectivity index (χ4v) is 1.85. The van der Waals surface area contributed by atoms with Crippen LogP contribution in [-0.2, 0) is 4.74 Å². The summed E-state index contributed by atoms with van der Waals surface area (Å²) >= 11 is 0. The highest BCUT2D eigenvalue weighted by Crippen LogP contribution is 2.25. The van der Waals surface area contributed by atoms with Gasteiger partial charge in [-0.2, -0.15) is 0 Å². The third-order valence-electron chi connectivity index (χ3n) is 2.86. The minimum Gasteiger partial charge on any atom is -0.465 e. The first-order valence-electron chi connectivity index (χ1n) is 6.15. The van der Waals surface area contributed by atoms with Gasteiger partial charge in [-0.25, -0.2) is 13.6 Å². The van der Waals surface area contributed by atoms with Gasteiger partial charge >= 0.3 is 5.97 Å². The van der Waals surface area contributed by atoms with Crippen molar-refractivity contribution in [3.8, 4) is 0 Å². The lowest BCUT2D eigenvalue weighted by Gasteiger charge is -2.14. The molecule has 1 aromatic rings. The predicted octanol–water partition coefficient (Wildman–Crippen LogP) is 3.17. The normalized spacial score (nSPS) is 13.9. The van der Waals surface area contributed by atoms with E-state index in [-0.39, 0.29) is 5.56 Å². The molecule has 0 aliphatic rings. The summed E-state index contributed by atoms with van der Waals surface area (Å²) in [4.78, 5) is 11.5. The van der Waals surface area contributed by atoms with Gasteiger partial charge in [-0.15, -0.1) is 0 Å². The lowest BCUT2D eigenvalue weighted by molar-refractivity contribution is 0.0591. The Balaban J connectivity index is 2.83. The molecule has 5 heteroatoms. The van der Waals surface area contributed by atoms with E-state index in [0.29, 0.717) is 24.8 Å². The van der Waals surface area contributed by atoms with Crippen LogP contribution >= 0.6 is 0 Å². The number of aliphatic hydroxyl groups is 1. The standard InChI is InChI=1S/C14H18F2O3/c1-9(15)4-3-5-13(17)11-7-6-10(16)8-12(11)14(18)19-2/h6-9,13,17H,3-5H2,1-2H3. The second-order valence-electron chi connectivity index (χ2n) is 4.45. The van der Waals surface area contributed by atoms with Crippen molar-refractivity contribution in [1.29, 1.82) is 0 Å². The Morgan fingerprint density at radius 2 is 2.11 bits per heavy atom. The minimum atomic E-state index is -0.937. The van der Waals surface area contributed by atoms with Crippen molar-refractivity contribution in [2.45, 2.75) is 38.5 Å². The highest BCUT2D eigenvalue weighted by atomic mass is 19.1. The van der Waals surface area contributed by atoms with Gasteiger partial charge < -0.3 is 9.84 Å². The summed E-state index contributed by atoms with van der Waals surface area (Å²) < 4.78 is 30.3. The average molecular weight is 272 g/mol. The van der Waals surface area contributed by atoms with E-state index >= 15 is 0 Å². The number of rotatable bonds is 6. The molecular formula is C14H18F2O3. The molecule has 2 atom stereocenters. The van der Waals surface area contributed by atoms with Gasteiger partial charge in [0.15, 0.2) is 0 Å². The van der Waals surface area contributed by atoms with Crippen LogP contribution in [0.25, 0.3) is 0 Å². The molecule has 0 aliphatic carbocycles. The van der Waals surface area contributed by atoms with E-state index in [2.05, 4.69) is 4.74 Å². The summed E-state index contributed by atoms with van der Waals surface area (Å²) in [5.74, 6) is -1.28. The number of benzene rings is 1. The minimum absolute atomic E-state index is 0.00305. The van der Waals surface area contributed by atoms with Gasteiger partial charge in [0.25, 0.3) is 0 Å². The summed E-state index contributed by atoms with van der Waals surface area (Å²) in [5, 5.41) is 10.00. The number of halogens is 2. The molecule has 0 aliphatic heterocycles. The first-order valence-corrected chi connectivity index (χ1v) is 6.15. The molecule has 1 aromatic carbocycles. The van der Waals surface area contributed by atoms with Crippen LogP contribution in [0.4, 0.5) is 8.78 Å². The van der Waals surface area contributed by atoms with Crippen LogP contribution in [0.3, 0.4) is 0 Å². The molecule has 1 N–H and O–H groups in total. The third-order valence-corrected chi connectivity index (χ3v) is 2.86. The monoisotopic (exact) mass is 272 g/mol. The third kappa shape index (κ3) is 4.59. The van der Waals surface area contributed by atoms with Gasteiger partial charge in [0.2, 0.25) is 0 Å². The van der Waals surface area contributed by atoms with Crippen molar-refractivity contribution < 1.29 is 23.4 Å². The Morgan fingerprint density at radius 1 is 1.42 bits per heavy atom. The first kappa shape index (κ1) is 15.6. The molecule has 1 rings (SSSR count). The molecule has 0 saturated carbocycles. The SMILES string of the molecule is COC(=O)c1cc(F)ccc1C(O)CCCC(C)F. The molecule has 0 saturated heterocycles. The predicted molar refractivity (Wildman–Crippen MR) is 67.1 cm³/mol. The second kappa shape index (κ2) is 7.19. The van der Waals surface area contributed by atoms with E-state index in [9.17, 15) is 18.7 Å². The lowest BCUT2D eigenvalue weighted by atomic mass is 9.98. The number of hydrogen-bond acceptors (Lipinski definition) is 3. The van der Waals surface area contributed by atoms with E-state index in [0.717, 1.165) is 6.07 Å². The molecule has 0 amide bonds. The largest absolute Gasteiger partial charge is 0.465 e. The van der Waals surface area contributed by atoms with E-state index < -0.39 is 24.1 Å². The van der Waals surface area contributed by atoms with Gasteiger partial charge in [-0.3, -0.25) is 0 Å². The maximum atomic E-state index is 13.1. The van der Waals surface area contributed by atoms with Crippen LogP contribution in [0.1, 0.15) is 48.2 Å². The fourth-order valence-electron chi connectivity index (χ4n) is 1.85. The maximum absolute atomic E-state index is 13.1. The quantitative estimate of drug-likeness (QED) is 0.809. The lowest BCUT2D eigenvalue weighted by Crippen LogP contribution is -2.10. The van der Waals surface area contributed by atoms with Gasteiger partial charge in [0.05, 0.1) is 24.9 Å². The Hall–Kier alpha value is -1.49. The van der Waals surface area contributed by atoms with Crippen molar-refractivity contribution in [3.05, 3.63) is 35.1 Å². The van der Waals surface area contributed by atoms with Gasteiger partial charge in [0, 0.05) is 0 Å². The van der Waals surface area contributed by atoms with Crippen LogP contribution in [0.2, 0.25) is 0 Å². The summed E-state index contributed by atoms with van der Waals surface area (Å²) in [6.45, 7) is 1.45. The Labute approximate surface area is 111 Å². The molecule has 0 spiro atoms. The van der Waals surface area contributed by atoms with Crippen molar-refractivity contribution in [1.82, 2.24) is 0 Å². The van der Waals surface area contributed by atoms with Crippen LogP contribution in [-0.4, -0.2) is 24.4 Å². The highest BCUT2D eigenvalue weighted by molar-refractivity contribution is 5.91. The number of ether oxygens (including phenoxy) is 1. The Kier molecular flexibility index (Phi) is 5.89. The van der Waals surface area contributed by atoms with Crippen LogP contribution in [0.5, 0.6) is 0 Å². The van der Waals surface area contributed by atoms with Gasteiger partial charge in [-0.05, 0) is 43.9 Å². The zero-order valence-corrected chi connectivity index (χ0v) is 11.0. The first-order chi connectivity index (χ1) is 8.95. The summed E-state index contributed by atoms with van der Waals surface area (Å²) in [7, 11) is 1.19. The molecule has 0 fully saturated rings. The number of hydrogen-bond donors (Lipinski definition) is 1. The number of alkyl halides is 1. The molecule has 0 heterocycles. The van der Waals surface area contributed by atoms with Crippen LogP contribution in [0, 0.1) is 5.82 Å². The molecule has 0 aromatic heterocycles. The van der Waals surface area contributed by atoms with Crippen molar-refractivity contribution >= 4 is 5.97 Å². The summed E-state index contributed by atoms with van der Waals surface area (Å²) in [5.41, 5.74) is 0.308. The van der Waals surface area contributed by atoms with Gasteiger partial charge in [0.1, 0.15) is 5.82 Å². The average Bonchev–Trinajstić information content (AvgIpc) is 2.37. The van der Waals surface area contributed by atoms with E-state index in [1.54, 1.807) is 0 Å². The number of carbonyl (C=O) groups excluding carboxylic acids is 1. The number of aliphatic hydroxyl groups excluding tert-OH is 1. The molecule has 3 nitrogen and oxygen atoms in total. The van der Waals surface area contributed by atoms with Crippen molar-refractivity contribution in [2.75, 3.05) is 7.11 Å². The zero-order valence-electron chi connectivity index (χ0n) is 11.0. The summed E-state index contributed by atoms with van der Waals surface area (Å²) in [6, 6.07) is 3.55. The number of carbonyl (C=O) groups is 1. The van der Waals surface area contributed by atoms with Crippen molar-refractivity contribution in [3.63, 3.8) is 0 Å². The van der Waals surface area contributed by atoms with Gasteiger partial charge in [-0.1, -0.05) is 6.07 Å². The van der Waals surface area contributed by atoms with E-state index in [1.807, 2.05) is 0 Å². The zero-order chi connectivity index (χ0) is 14.4. The second-order valence-corrected chi connectivity index (χ2v) is 4.45. The molecule has 2 unspecified atom stereocenters. The van der Waals surface area contributed by atoms with Crippen molar-refractivity contribution in [2.24, 2.45) is 0 Å². The molecule has 106 valence electrons. The van der Waals surface area contributed by atoms with E-state index in [1.165, 1.54) is 26.2 Å².